The fraction of sp³-hybridized carbons (Fsp3) is 0.300. The number of ether oxygens (including phenoxy) is 1. The second kappa shape index (κ2) is 6.59. The van der Waals surface area contributed by atoms with E-state index < -0.39 is 11.3 Å². The van der Waals surface area contributed by atoms with Crippen LogP contribution in [0.4, 0.5) is 11.4 Å². The summed E-state index contributed by atoms with van der Waals surface area (Å²) in [6, 6.07) is 15.1. The van der Waals surface area contributed by atoms with Gasteiger partial charge in [0.05, 0.1) is 11.4 Å². The molecular formula is C20H21N2O3. The number of anilines is 1. The van der Waals surface area contributed by atoms with Gasteiger partial charge in [0.15, 0.2) is 0 Å². The molecule has 0 saturated carbocycles. The maximum atomic E-state index is 12.8. The predicted molar refractivity (Wildman–Crippen MR) is 95.8 cm³/mol. The number of carbonyl (C=O) groups is 2. The van der Waals surface area contributed by atoms with Crippen LogP contribution in [0, 0.1) is 5.41 Å². The van der Waals surface area contributed by atoms with Crippen LogP contribution in [0.5, 0.6) is 5.75 Å². The van der Waals surface area contributed by atoms with Crippen molar-refractivity contribution in [3.05, 3.63) is 54.1 Å². The van der Waals surface area contributed by atoms with E-state index in [1.165, 1.54) is 0 Å². The van der Waals surface area contributed by atoms with Gasteiger partial charge in [-0.05, 0) is 38.5 Å². The van der Waals surface area contributed by atoms with Crippen LogP contribution in [0.1, 0.15) is 26.3 Å². The molecule has 0 spiro atoms. The van der Waals surface area contributed by atoms with Gasteiger partial charge < -0.3 is 9.64 Å². The molecule has 0 fully saturated rings. The number of rotatable bonds is 4. The van der Waals surface area contributed by atoms with Crippen molar-refractivity contribution in [2.75, 3.05) is 11.4 Å². The van der Waals surface area contributed by atoms with E-state index in [-0.39, 0.29) is 5.91 Å². The van der Waals surface area contributed by atoms with Gasteiger partial charge in [-0.1, -0.05) is 30.3 Å². The third-order valence-corrected chi connectivity index (χ3v) is 4.34. The molecule has 2 amide bonds. The van der Waals surface area contributed by atoms with Gasteiger partial charge in [0.1, 0.15) is 17.8 Å². The highest BCUT2D eigenvalue weighted by Crippen LogP contribution is 2.37. The van der Waals surface area contributed by atoms with Gasteiger partial charge in [0.25, 0.3) is 5.91 Å². The van der Waals surface area contributed by atoms with Crippen LogP contribution in [0.3, 0.4) is 0 Å². The van der Waals surface area contributed by atoms with Crippen molar-refractivity contribution in [1.82, 2.24) is 5.32 Å². The molecule has 1 aliphatic heterocycles. The molecule has 1 radical (unpaired) electrons. The van der Waals surface area contributed by atoms with Crippen molar-refractivity contribution in [3.8, 4) is 5.75 Å². The minimum Gasteiger partial charge on any atom is -0.489 e. The molecule has 0 N–H and O–H groups in total. The molecule has 25 heavy (non-hydrogen) atoms. The summed E-state index contributed by atoms with van der Waals surface area (Å²) < 4.78 is 5.84. The Labute approximate surface area is 147 Å². The average Bonchev–Trinajstić information content (AvgIpc) is 2.68. The van der Waals surface area contributed by atoms with Crippen LogP contribution in [-0.4, -0.2) is 18.4 Å². The summed E-state index contributed by atoms with van der Waals surface area (Å²) in [5.74, 6) is -0.0356. The summed E-state index contributed by atoms with van der Waals surface area (Å²) in [6.07, 6.45) is 0. The Kier molecular flexibility index (Phi) is 4.49. The number of hydrogen-bond acceptors (Lipinski definition) is 3. The van der Waals surface area contributed by atoms with Crippen LogP contribution in [0.25, 0.3) is 0 Å². The first kappa shape index (κ1) is 17.0. The van der Waals surface area contributed by atoms with E-state index in [2.05, 4.69) is 5.32 Å². The number of nitrogens with zero attached hydrogens (tertiary/aromatic N) is 2. The Hall–Kier alpha value is -2.82. The average molecular weight is 337 g/mol. The van der Waals surface area contributed by atoms with Gasteiger partial charge in [-0.2, -0.15) is 0 Å². The van der Waals surface area contributed by atoms with E-state index in [1.54, 1.807) is 36.9 Å². The molecule has 1 aliphatic rings. The van der Waals surface area contributed by atoms with Crippen LogP contribution in [0.15, 0.2) is 48.5 Å². The maximum Gasteiger partial charge on any atom is 0.261 e. The number of amides is 2. The molecule has 5 heteroatoms. The Morgan fingerprint density at radius 1 is 1.08 bits per heavy atom. The molecule has 0 aromatic heterocycles. The molecule has 2 aromatic rings. The van der Waals surface area contributed by atoms with E-state index in [0.29, 0.717) is 30.3 Å². The van der Waals surface area contributed by atoms with Crippen molar-refractivity contribution in [2.24, 2.45) is 5.41 Å². The zero-order valence-corrected chi connectivity index (χ0v) is 14.7. The van der Waals surface area contributed by atoms with Crippen molar-refractivity contribution in [3.63, 3.8) is 0 Å². The Morgan fingerprint density at radius 2 is 1.80 bits per heavy atom. The van der Waals surface area contributed by atoms with Crippen molar-refractivity contribution in [2.45, 2.75) is 27.4 Å². The van der Waals surface area contributed by atoms with E-state index in [9.17, 15) is 9.59 Å². The van der Waals surface area contributed by atoms with Gasteiger partial charge in [-0.25, -0.2) is 5.32 Å². The van der Waals surface area contributed by atoms with E-state index >= 15 is 0 Å². The Morgan fingerprint density at radius 3 is 2.48 bits per heavy atom. The third kappa shape index (κ3) is 3.22. The molecule has 129 valence electrons. The minimum atomic E-state index is -1.17. The fourth-order valence-corrected chi connectivity index (χ4v) is 2.75. The normalized spacial score (nSPS) is 16.0. The summed E-state index contributed by atoms with van der Waals surface area (Å²) in [7, 11) is 0. The first-order valence-corrected chi connectivity index (χ1v) is 8.32. The monoisotopic (exact) mass is 337 g/mol. The molecular weight excluding hydrogens is 316 g/mol. The summed E-state index contributed by atoms with van der Waals surface area (Å²) >= 11 is 0. The van der Waals surface area contributed by atoms with Crippen molar-refractivity contribution >= 4 is 23.2 Å². The van der Waals surface area contributed by atoms with E-state index in [0.717, 1.165) is 5.56 Å². The lowest BCUT2D eigenvalue weighted by molar-refractivity contribution is -0.138. The number of fused-ring (bicyclic) bond motifs is 1. The largest absolute Gasteiger partial charge is 0.489 e. The Balaban J connectivity index is 1.90. The highest BCUT2D eigenvalue weighted by Gasteiger charge is 2.43. The molecule has 0 saturated heterocycles. The lowest BCUT2D eigenvalue weighted by atomic mass is 9.91. The second-order valence-electron chi connectivity index (χ2n) is 6.52. The first-order valence-electron chi connectivity index (χ1n) is 8.32. The summed E-state index contributed by atoms with van der Waals surface area (Å²) in [5.41, 5.74) is 0.997. The minimum absolute atomic E-state index is 0.247. The standard InChI is InChI=1S/C20H21N2O3/c1-4-22-17-12-15(25-13-14-8-6-5-7-9-14)10-11-16(17)21-18(23)20(2,3)19(22)24/h5-12H,4,13H2,1-3H3. The zero-order chi connectivity index (χ0) is 18.0. The Bertz CT molecular complexity index is 800. The third-order valence-electron chi connectivity index (χ3n) is 4.34. The molecule has 0 unspecified atom stereocenters. The van der Waals surface area contributed by atoms with Gasteiger partial charge in [-0.3, -0.25) is 9.59 Å². The number of benzene rings is 2. The first-order chi connectivity index (χ1) is 11.9. The molecule has 1 heterocycles. The molecule has 5 nitrogen and oxygen atoms in total. The van der Waals surface area contributed by atoms with Crippen LogP contribution < -0.4 is 15.0 Å². The van der Waals surface area contributed by atoms with Gasteiger partial charge >= 0.3 is 0 Å². The SMILES string of the molecule is CCN1C(=O)C(C)(C)C(=O)[N]c2ccc(OCc3ccccc3)cc21. The summed E-state index contributed by atoms with van der Waals surface area (Å²) in [4.78, 5) is 26.7. The quantitative estimate of drug-likeness (QED) is 0.803. The fourth-order valence-electron chi connectivity index (χ4n) is 2.75. The van der Waals surface area contributed by atoms with Crippen LogP contribution in [0.2, 0.25) is 0 Å². The number of carbonyl (C=O) groups excluding carboxylic acids is 2. The molecule has 3 rings (SSSR count). The van der Waals surface area contributed by atoms with Crippen LogP contribution >= 0.6 is 0 Å². The predicted octanol–water partition coefficient (Wildman–Crippen LogP) is 3.42. The van der Waals surface area contributed by atoms with E-state index in [1.807, 2.05) is 37.3 Å². The molecule has 2 aromatic carbocycles. The molecule has 0 atom stereocenters. The zero-order valence-electron chi connectivity index (χ0n) is 14.7. The van der Waals surface area contributed by atoms with Gasteiger partial charge in [-0.15, -0.1) is 0 Å². The maximum absolute atomic E-state index is 12.8. The van der Waals surface area contributed by atoms with Gasteiger partial charge in [0.2, 0.25) is 5.91 Å². The second-order valence-corrected chi connectivity index (χ2v) is 6.52. The number of hydrogen-bond donors (Lipinski definition) is 0. The van der Waals surface area contributed by atoms with Crippen molar-refractivity contribution in [1.29, 1.82) is 0 Å². The topological polar surface area (TPSA) is 60.7 Å². The highest BCUT2D eigenvalue weighted by atomic mass is 16.5. The van der Waals surface area contributed by atoms with Crippen LogP contribution in [-0.2, 0) is 16.2 Å². The van der Waals surface area contributed by atoms with Crippen molar-refractivity contribution < 1.29 is 14.3 Å². The molecule has 0 bridgehead atoms. The van der Waals surface area contributed by atoms with E-state index in [4.69, 9.17) is 4.74 Å². The smallest absolute Gasteiger partial charge is 0.261 e. The summed E-state index contributed by atoms with van der Waals surface area (Å²) in [5, 5.41) is 4.14. The summed E-state index contributed by atoms with van der Waals surface area (Å²) in [6.45, 7) is 6.00. The lowest BCUT2D eigenvalue weighted by Crippen LogP contribution is -2.44. The van der Waals surface area contributed by atoms with Gasteiger partial charge in [0, 0.05) is 12.6 Å². The highest BCUT2D eigenvalue weighted by molar-refractivity contribution is 6.15. The lowest BCUT2D eigenvalue weighted by Gasteiger charge is -2.26. The molecule has 0 aliphatic carbocycles.